The molecule has 0 aromatic heterocycles. The van der Waals surface area contributed by atoms with Gasteiger partial charge in [0.2, 0.25) is 4.91 Å². The lowest BCUT2D eigenvalue weighted by Gasteiger charge is -1.82. The summed E-state index contributed by atoms with van der Waals surface area (Å²) >= 11 is 0. The Morgan fingerprint density at radius 1 is 1.29 bits per heavy atom. The number of aryl methyl sites for hydroxylation is 1. The molecule has 0 atom stereocenters. The van der Waals surface area contributed by atoms with E-state index in [4.69, 9.17) is 11.1 Å². The van der Waals surface area contributed by atoms with Crippen molar-refractivity contribution in [2.45, 2.75) is 20.3 Å². The largest absolute Gasteiger partial charge is 0.303 e. The topological polar surface area (TPSA) is 78.9 Å². The fourth-order valence-corrected chi connectivity index (χ4v) is 0.534. The highest BCUT2D eigenvalue weighted by atomic mass is 16.1. The Labute approximate surface area is 84.0 Å². The summed E-state index contributed by atoms with van der Waals surface area (Å²) in [6.07, 6.45) is 1.51. The van der Waals surface area contributed by atoms with E-state index in [1.54, 1.807) is 0 Å². The van der Waals surface area contributed by atoms with Crippen LogP contribution in [0.15, 0.2) is 30.3 Å². The van der Waals surface area contributed by atoms with Crippen molar-refractivity contribution in [1.82, 2.24) is 4.91 Å². The average molecular weight is 194 g/mol. The van der Waals surface area contributed by atoms with E-state index in [9.17, 15) is 4.79 Å². The summed E-state index contributed by atoms with van der Waals surface area (Å²) in [7, 11) is 0. The third kappa shape index (κ3) is 16.7. The normalized spacial score (nSPS) is 6.71. The number of hydrogen-bond acceptors (Lipinski definition) is 3. The molecule has 0 heterocycles. The Bertz CT molecular complexity index is 253. The third-order valence-corrected chi connectivity index (χ3v) is 1.11. The molecule has 14 heavy (non-hydrogen) atoms. The lowest BCUT2D eigenvalue weighted by molar-refractivity contribution is -0.107. The summed E-state index contributed by atoms with van der Waals surface area (Å²) in [6, 6.07) is 10.3. The van der Waals surface area contributed by atoms with Crippen LogP contribution in [0.3, 0.4) is 0 Å². The Balaban J connectivity index is 0. The number of aldehydes is 1. The lowest BCUT2D eigenvalue weighted by Crippen LogP contribution is -1.62. The third-order valence-electron chi connectivity index (χ3n) is 1.11. The Kier molecular flexibility index (Phi) is 14.5. The first-order valence-corrected chi connectivity index (χ1v) is 4.21. The van der Waals surface area contributed by atoms with Gasteiger partial charge in [0.05, 0.1) is 0 Å². The van der Waals surface area contributed by atoms with Crippen LogP contribution in [0.2, 0.25) is 0 Å². The molecule has 0 saturated carbocycles. The van der Waals surface area contributed by atoms with Crippen molar-refractivity contribution < 1.29 is 4.79 Å². The molecule has 0 unspecified atom stereocenters. The van der Waals surface area contributed by atoms with Gasteiger partial charge in [-0.2, -0.15) is 0 Å². The Hall–Kier alpha value is -1.80. The van der Waals surface area contributed by atoms with Gasteiger partial charge in [0.25, 0.3) is 0 Å². The molecule has 0 bridgehead atoms. The van der Waals surface area contributed by atoms with Crippen LogP contribution in [0.25, 0.3) is 0 Å². The van der Waals surface area contributed by atoms with Crippen LogP contribution in [-0.4, -0.2) is 6.29 Å². The molecule has 0 saturated heterocycles. The number of nitrogens with zero attached hydrogens (tertiary/aromatic N) is 1. The number of carbonyl (C=O) groups excluding carboxylic acids is 1. The van der Waals surface area contributed by atoms with Gasteiger partial charge in [-0.25, -0.2) is 0 Å². The van der Waals surface area contributed by atoms with Gasteiger partial charge in [0, 0.05) is 6.42 Å². The standard InChI is InChI=1S/C7H8.C3H6O.H2N3/c1-7-5-3-2-4-6-7;1-2-3-4;1-3-2/h2-6H,1H3;3H,2H2,1H3;1-2H/q;;+1. The predicted octanol–water partition coefficient (Wildman–Crippen LogP) is 2.71. The van der Waals surface area contributed by atoms with Crippen LogP contribution in [0.5, 0.6) is 0 Å². The quantitative estimate of drug-likeness (QED) is 0.402. The van der Waals surface area contributed by atoms with Crippen LogP contribution in [-0.2, 0) is 4.79 Å². The lowest BCUT2D eigenvalue weighted by atomic mass is 10.2. The molecule has 0 fully saturated rings. The maximum atomic E-state index is 9.17. The van der Waals surface area contributed by atoms with Crippen LogP contribution in [0.1, 0.15) is 18.9 Å². The molecule has 0 aliphatic heterocycles. The van der Waals surface area contributed by atoms with E-state index in [0.29, 0.717) is 6.42 Å². The first-order chi connectivity index (χ1) is 6.72. The number of nitrogens with one attached hydrogen (secondary N) is 2. The summed E-state index contributed by atoms with van der Waals surface area (Å²) in [6.45, 7) is 3.90. The van der Waals surface area contributed by atoms with Gasteiger partial charge in [-0.1, -0.05) is 42.8 Å². The molecule has 0 radical (unpaired) electrons. The van der Waals surface area contributed by atoms with Gasteiger partial charge in [0.1, 0.15) is 17.3 Å². The van der Waals surface area contributed by atoms with Crippen molar-refractivity contribution in [3.8, 4) is 0 Å². The summed E-state index contributed by atoms with van der Waals surface area (Å²) in [5.41, 5.74) is 12.3. The minimum absolute atomic E-state index is 0.639. The smallest absolute Gasteiger partial charge is 0.211 e. The van der Waals surface area contributed by atoms with Crippen molar-refractivity contribution in [2.24, 2.45) is 0 Å². The maximum absolute atomic E-state index is 9.17. The molecule has 0 spiro atoms. The molecule has 0 amide bonds. The highest BCUT2D eigenvalue weighted by Gasteiger charge is 1.72. The first-order valence-electron chi connectivity index (χ1n) is 4.21. The molecular formula is C10H16N3O+. The van der Waals surface area contributed by atoms with Crippen LogP contribution >= 0.6 is 0 Å². The zero-order chi connectivity index (χ0) is 11.2. The first kappa shape index (κ1) is 14.7. The number of benzene rings is 1. The van der Waals surface area contributed by atoms with E-state index < -0.39 is 0 Å². The van der Waals surface area contributed by atoms with E-state index in [2.05, 4.69) is 19.1 Å². The summed E-state index contributed by atoms with van der Waals surface area (Å²) < 4.78 is 0. The minimum Gasteiger partial charge on any atom is -0.303 e. The second kappa shape index (κ2) is 13.8. The van der Waals surface area contributed by atoms with Crippen molar-refractivity contribution in [1.29, 1.82) is 11.1 Å². The zero-order valence-corrected chi connectivity index (χ0v) is 8.53. The van der Waals surface area contributed by atoms with Gasteiger partial charge in [-0.15, -0.1) is 0 Å². The summed E-state index contributed by atoms with van der Waals surface area (Å²) in [4.78, 5) is 11.2. The molecule has 0 aliphatic carbocycles. The van der Waals surface area contributed by atoms with Crippen LogP contribution < -0.4 is 4.91 Å². The van der Waals surface area contributed by atoms with E-state index in [1.165, 1.54) is 5.56 Å². The van der Waals surface area contributed by atoms with E-state index in [1.807, 2.05) is 30.0 Å². The Morgan fingerprint density at radius 2 is 1.64 bits per heavy atom. The fourth-order valence-electron chi connectivity index (χ4n) is 0.534. The molecule has 2 N–H and O–H groups in total. The van der Waals surface area contributed by atoms with Crippen LogP contribution in [0, 0.1) is 18.0 Å². The van der Waals surface area contributed by atoms with Crippen molar-refractivity contribution in [2.75, 3.05) is 0 Å². The molecule has 4 nitrogen and oxygen atoms in total. The van der Waals surface area contributed by atoms with Crippen molar-refractivity contribution in [3.05, 3.63) is 35.9 Å². The Morgan fingerprint density at radius 3 is 1.79 bits per heavy atom. The molecule has 76 valence electrons. The predicted molar refractivity (Wildman–Crippen MR) is 55.1 cm³/mol. The van der Waals surface area contributed by atoms with Gasteiger partial charge in [-0.3, -0.25) is 0 Å². The van der Waals surface area contributed by atoms with E-state index >= 15 is 0 Å². The summed E-state index contributed by atoms with van der Waals surface area (Å²) in [5, 5.41) is 0. The second-order valence-corrected chi connectivity index (χ2v) is 2.34. The highest BCUT2D eigenvalue weighted by Crippen LogP contribution is 1.92. The number of hydrogen-bond donors (Lipinski definition) is 2. The van der Waals surface area contributed by atoms with Gasteiger partial charge < -0.3 is 4.79 Å². The summed E-state index contributed by atoms with van der Waals surface area (Å²) in [5.74, 6) is 0. The van der Waals surface area contributed by atoms with Crippen molar-refractivity contribution in [3.63, 3.8) is 0 Å². The maximum Gasteiger partial charge on any atom is 0.211 e. The molecule has 1 aromatic carbocycles. The second-order valence-electron chi connectivity index (χ2n) is 2.34. The van der Waals surface area contributed by atoms with Gasteiger partial charge in [0.15, 0.2) is 0 Å². The molecule has 1 aromatic rings. The van der Waals surface area contributed by atoms with Crippen molar-refractivity contribution >= 4 is 6.29 Å². The zero-order valence-electron chi connectivity index (χ0n) is 8.53. The molecule has 0 aliphatic rings. The SMILES string of the molecule is CCC=O.Cc1ccccc1.N=[N+]=N. The highest BCUT2D eigenvalue weighted by molar-refractivity contribution is 5.48. The molecule has 4 heteroatoms. The average Bonchev–Trinajstić information content (AvgIpc) is 2.21. The van der Waals surface area contributed by atoms with E-state index in [0.717, 1.165) is 6.29 Å². The monoisotopic (exact) mass is 194 g/mol. The fraction of sp³-hybridized carbons (Fsp3) is 0.300. The number of rotatable bonds is 1. The van der Waals surface area contributed by atoms with E-state index in [-0.39, 0.29) is 0 Å². The van der Waals surface area contributed by atoms with Crippen LogP contribution in [0.4, 0.5) is 0 Å². The molecule has 1 rings (SSSR count). The number of carbonyl (C=O) groups is 1. The molecular weight excluding hydrogens is 178 g/mol. The minimum atomic E-state index is 0.639. The van der Waals surface area contributed by atoms with Gasteiger partial charge in [-0.05, 0) is 6.92 Å². The van der Waals surface area contributed by atoms with Gasteiger partial charge >= 0.3 is 0 Å².